The second-order valence-corrected chi connectivity index (χ2v) is 16.8. The molecule has 0 bridgehead atoms. The van der Waals surface area contributed by atoms with Crippen LogP contribution < -0.4 is 24.8 Å². The second-order valence-electron chi connectivity index (χ2n) is 16.8. The molecule has 14 nitrogen and oxygen atoms in total. The fraction of sp³-hybridized carbons (Fsp3) is 0.532. The minimum absolute atomic E-state index is 0.0150. The molecule has 326 valence electrons. The van der Waals surface area contributed by atoms with Gasteiger partial charge < -0.3 is 49.0 Å². The number of aliphatic hydroxyl groups is 4. The van der Waals surface area contributed by atoms with Gasteiger partial charge >= 0.3 is 5.97 Å². The Labute approximate surface area is 354 Å². The lowest BCUT2D eigenvalue weighted by Crippen LogP contribution is -2.58. The van der Waals surface area contributed by atoms with Crippen molar-refractivity contribution >= 4 is 29.7 Å². The van der Waals surface area contributed by atoms with Gasteiger partial charge in [0.25, 0.3) is 0 Å². The van der Waals surface area contributed by atoms with Crippen molar-refractivity contribution in [3.63, 3.8) is 0 Å². The number of aldehydes is 1. The minimum Gasteiger partial charge on any atom is -0.492 e. The summed E-state index contributed by atoms with van der Waals surface area (Å²) < 4.78 is 30.5. The molecule has 0 unspecified atom stereocenters. The van der Waals surface area contributed by atoms with Crippen LogP contribution in [0, 0.1) is 17.8 Å². The van der Waals surface area contributed by atoms with Crippen molar-refractivity contribution in [3.05, 3.63) is 80.1 Å². The van der Waals surface area contributed by atoms with Crippen molar-refractivity contribution in [2.45, 2.75) is 76.1 Å². The van der Waals surface area contributed by atoms with E-state index in [9.17, 15) is 34.8 Å². The fourth-order valence-electron chi connectivity index (χ4n) is 10.4. The van der Waals surface area contributed by atoms with E-state index >= 15 is 0 Å². The SMILES string of the molecule is CCOC(=O)C1=C(C=O)/C(=C2\C[C@H](CO)C(=O)[C@@H](c3ccc4c(c3)=CCN=4)C2)c2c(OCCCO)c3c(c(CO)c2O1)O[C@H]([C@@]1(O)CC=C[C@@H]2CN(CCCOC)CC[C@H]21)C3. The van der Waals surface area contributed by atoms with Crippen LogP contribution in [0.4, 0.5) is 0 Å². The third-order valence-corrected chi connectivity index (χ3v) is 13.3. The first-order chi connectivity index (χ1) is 29.7. The monoisotopic (exact) mass is 840 g/mol. The van der Waals surface area contributed by atoms with Crippen molar-refractivity contribution in [2.75, 3.05) is 66.3 Å². The van der Waals surface area contributed by atoms with Crippen LogP contribution in [-0.4, -0.2) is 121 Å². The molecule has 2 fully saturated rings. The maximum atomic E-state index is 14.1. The molecule has 0 amide bonds. The van der Waals surface area contributed by atoms with Gasteiger partial charge in [0, 0.05) is 75.1 Å². The molecular formula is C47H56N2O12. The number of esters is 1. The number of hydrogen-bond acceptors (Lipinski definition) is 14. The Morgan fingerprint density at radius 2 is 1.97 bits per heavy atom. The molecule has 2 aromatic rings. The number of Topliss-reactive ketones (excluding diaryl/α,β-unsaturated/α-hetero) is 1. The van der Waals surface area contributed by atoms with Crippen LogP contribution >= 0.6 is 0 Å². The lowest BCUT2D eigenvalue weighted by molar-refractivity contribution is -0.141. The zero-order valence-corrected chi connectivity index (χ0v) is 34.9. The molecule has 0 radical (unpaired) electrons. The highest BCUT2D eigenvalue weighted by Crippen LogP contribution is 2.58. The summed E-state index contributed by atoms with van der Waals surface area (Å²) in [6.45, 7) is 4.17. The summed E-state index contributed by atoms with van der Waals surface area (Å²) in [5, 5.41) is 46.3. The van der Waals surface area contributed by atoms with Crippen LogP contribution in [0.25, 0.3) is 11.6 Å². The molecule has 4 aliphatic heterocycles. The quantitative estimate of drug-likeness (QED) is 0.0885. The maximum Gasteiger partial charge on any atom is 0.375 e. The van der Waals surface area contributed by atoms with Crippen LogP contribution in [0.15, 0.2) is 52.2 Å². The van der Waals surface area contributed by atoms with Crippen LogP contribution in [-0.2, 0) is 36.9 Å². The first-order valence-corrected chi connectivity index (χ1v) is 21.6. The molecule has 61 heavy (non-hydrogen) atoms. The van der Waals surface area contributed by atoms with E-state index < -0.39 is 48.5 Å². The summed E-state index contributed by atoms with van der Waals surface area (Å²) in [4.78, 5) is 48.2. The van der Waals surface area contributed by atoms with Crippen LogP contribution in [0.3, 0.4) is 0 Å². The summed E-state index contributed by atoms with van der Waals surface area (Å²) >= 11 is 0. The molecule has 0 spiro atoms. The van der Waals surface area contributed by atoms with E-state index in [2.05, 4.69) is 16.0 Å². The number of methoxy groups -OCH3 is 1. The number of aliphatic hydroxyl groups excluding tert-OH is 3. The van der Waals surface area contributed by atoms with E-state index in [1.54, 1.807) is 14.0 Å². The second kappa shape index (κ2) is 18.3. The predicted molar refractivity (Wildman–Crippen MR) is 222 cm³/mol. The van der Waals surface area contributed by atoms with Gasteiger partial charge in [0.15, 0.2) is 6.29 Å². The molecule has 0 aromatic heterocycles. The predicted octanol–water partition coefficient (Wildman–Crippen LogP) is 2.24. The number of benzene rings is 2. The molecule has 4 heterocycles. The van der Waals surface area contributed by atoms with Crippen molar-refractivity contribution in [1.29, 1.82) is 0 Å². The smallest absolute Gasteiger partial charge is 0.375 e. The highest BCUT2D eigenvalue weighted by Gasteiger charge is 2.54. The average molecular weight is 841 g/mol. The van der Waals surface area contributed by atoms with Gasteiger partial charge in [-0.3, -0.25) is 14.6 Å². The Balaban J connectivity index is 1.28. The van der Waals surface area contributed by atoms with Crippen molar-refractivity contribution in [2.24, 2.45) is 22.7 Å². The molecule has 8 rings (SSSR count). The van der Waals surface area contributed by atoms with Crippen molar-refractivity contribution < 1.29 is 58.5 Å². The Morgan fingerprint density at radius 3 is 2.72 bits per heavy atom. The Bertz CT molecular complexity index is 2280. The number of rotatable bonds is 15. The lowest BCUT2D eigenvalue weighted by atomic mass is 9.66. The maximum absolute atomic E-state index is 14.1. The summed E-state index contributed by atoms with van der Waals surface area (Å²) in [6.07, 6.45) is 8.65. The molecule has 2 aromatic carbocycles. The number of hydrogen-bond donors (Lipinski definition) is 4. The minimum atomic E-state index is -1.29. The summed E-state index contributed by atoms with van der Waals surface area (Å²) in [7, 11) is 1.70. The van der Waals surface area contributed by atoms with Gasteiger partial charge in [0.1, 0.15) is 34.7 Å². The molecule has 4 N–H and O–H groups in total. The molecule has 6 atom stereocenters. The van der Waals surface area contributed by atoms with Gasteiger partial charge in [-0.05, 0) is 74.4 Å². The van der Waals surface area contributed by atoms with Gasteiger partial charge in [-0.15, -0.1) is 0 Å². The van der Waals surface area contributed by atoms with Gasteiger partial charge in [0.2, 0.25) is 5.76 Å². The van der Waals surface area contributed by atoms with Gasteiger partial charge in [0.05, 0.1) is 55.0 Å². The third kappa shape index (κ3) is 7.87. The number of allylic oxidation sites excluding steroid dienone is 3. The van der Waals surface area contributed by atoms with E-state index in [0.717, 1.165) is 48.6 Å². The number of carbonyl (C=O) groups excluding carboxylic acids is 3. The standard InChI is InChI=1S/C47H56N2O12/c1-3-58-46(55)45-34(25-52)39(30-20-31(24-51)41(54)32(21-30)27-8-9-37-28(19-27)10-13-48-37)40-43(59-18-6-16-50)33-22-38(60-42(33)35(26-53)44(40)61-45)47(56)12-4-7-29-23-49(14-5-17-57-2)15-11-36(29)47/h4,7-10,19,25,29,31-32,36,38,50-51,53,56H,3,5-6,11-18,20-24,26H2,1-2H3/b39-30-/t29-,31-,32-,36-,38+,47-/m1/s1. The molecule has 2 aliphatic carbocycles. The largest absolute Gasteiger partial charge is 0.492 e. The third-order valence-electron chi connectivity index (χ3n) is 13.3. The Morgan fingerprint density at radius 1 is 1.11 bits per heavy atom. The summed E-state index contributed by atoms with van der Waals surface area (Å²) in [6, 6.07) is 5.68. The number of carbonyl (C=O) groups is 3. The van der Waals surface area contributed by atoms with Crippen molar-refractivity contribution in [1.82, 2.24) is 4.90 Å². The van der Waals surface area contributed by atoms with E-state index in [0.29, 0.717) is 42.6 Å². The Hall–Kier alpha value is -4.70. The first kappa shape index (κ1) is 43.0. The number of ether oxygens (including phenoxy) is 5. The topological polar surface area (TPSA) is 194 Å². The van der Waals surface area contributed by atoms with Crippen LogP contribution in [0.1, 0.15) is 73.6 Å². The molecule has 1 saturated carbocycles. The molecular weight excluding hydrogens is 785 g/mol. The highest BCUT2D eigenvalue weighted by molar-refractivity contribution is 6.11. The van der Waals surface area contributed by atoms with Crippen molar-refractivity contribution in [3.8, 4) is 17.2 Å². The fourth-order valence-corrected chi connectivity index (χ4v) is 10.4. The van der Waals surface area contributed by atoms with E-state index in [1.165, 1.54) is 0 Å². The highest BCUT2D eigenvalue weighted by atomic mass is 16.6. The molecule has 1 saturated heterocycles. The average Bonchev–Trinajstić information content (AvgIpc) is 3.94. The molecule has 6 aliphatic rings. The van der Waals surface area contributed by atoms with E-state index in [1.807, 2.05) is 30.4 Å². The molecule has 14 heteroatoms. The number of nitrogens with zero attached hydrogens (tertiary/aromatic N) is 2. The zero-order chi connectivity index (χ0) is 42.8. The normalized spacial score (nSPS) is 27.8. The summed E-state index contributed by atoms with van der Waals surface area (Å²) in [5.41, 5.74) is 1.26. The van der Waals surface area contributed by atoms with Crippen LogP contribution in [0.5, 0.6) is 17.2 Å². The summed E-state index contributed by atoms with van der Waals surface area (Å²) in [5.74, 6) is -2.46. The Kier molecular flexibility index (Phi) is 12.9. The number of fused-ring (bicyclic) bond motifs is 4. The van der Waals surface area contributed by atoms with Gasteiger partial charge in [-0.2, -0.15) is 0 Å². The zero-order valence-electron chi connectivity index (χ0n) is 34.9. The number of piperidine rings is 1. The first-order valence-electron chi connectivity index (χ1n) is 21.6. The van der Waals surface area contributed by atoms with E-state index in [4.69, 9.17) is 23.7 Å². The van der Waals surface area contributed by atoms with Gasteiger partial charge in [-0.25, -0.2) is 4.79 Å². The van der Waals surface area contributed by atoms with Crippen LogP contribution in [0.2, 0.25) is 0 Å². The number of ketones is 1. The lowest BCUT2D eigenvalue weighted by Gasteiger charge is -2.49. The van der Waals surface area contributed by atoms with Gasteiger partial charge in [-0.1, -0.05) is 29.9 Å². The number of likely N-dealkylation sites (tertiary alicyclic amines) is 1. The van der Waals surface area contributed by atoms with E-state index in [-0.39, 0.29) is 97.1 Å².